The minimum Gasteiger partial charge on any atom is -0.356 e. The lowest BCUT2D eigenvalue weighted by Gasteiger charge is -2.35. The van der Waals surface area contributed by atoms with E-state index in [2.05, 4.69) is 11.4 Å². The topological polar surface area (TPSA) is 123 Å². The maximum Gasteiger partial charge on any atom is 0.471 e. The summed E-state index contributed by atoms with van der Waals surface area (Å²) in [5.41, 5.74) is -0.868. The Bertz CT molecular complexity index is 841. The second-order valence-corrected chi connectivity index (χ2v) is 9.24. The molecule has 9 nitrogen and oxygen atoms in total. The molecular formula is C21H30F3N5O4. The van der Waals surface area contributed by atoms with Crippen LogP contribution in [0.3, 0.4) is 0 Å². The predicted octanol–water partition coefficient (Wildman–Crippen LogP) is 0.947. The third-order valence-electron chi connectivity index (χ3n) is 6.24. The molecule has 0 bridgehead atoms. The molecule has 33 heavy (non-hydrogen) atoms. The first-order valence-corrected chi connectivity index (χ1v) is 10.9. The number of hydrogen-bond donors (Lipinski definition) is 2. The Balaban J connectivity index is 2.25. The zero-order chi connectivity index (χ0) is 25.1. The summed E-state index contributed by atoms with van der Waals surface area (Å²) in [6, 6.07) is -1.38. The highest BCUT2D eigenvalue weighted by Crippen LogP contribution is 2.41. The van der Waals surface area contributed by atoms with Gasteiger partial charge in [0.25, 0.3) is 0 Å². The fourth-order valence-corrected chi connectivity index (χ4v) is 4.47. The van der Waals surface area contributed by atoms with Crippen LogP contribution in [0.15, 0.2) is 0 Å². The molecule has 0 aromatic heterocycles. The number of nitriles is 1. The van der Waals surface area contributed by atoms with Crippen LogP contribution in [0.4, 0.5) is 13.2 Å². The summed E-state index contributed by atoms with van der Waals surface area (Å²) in [5.74, 6) is -3.94. The normalized spacial score (nSPS) is 24.8. The van der Waals surface area contributed by atoms with Gasteiger partial charge in [-0.05, 0) is 38.5 Å². The maximum absolute atomic E-state index is 13.5. The van der Waals surface area contributed by atoms with Crippen molar-refractivity contribution in [2.24, 2.45) is 11.3 Å². The molecule has 0 saturated carbocycles. The zero-order valence-corrected chi connectivity index (χ0v) is 19.2. The molecule has 2 saturated heterocycles. The van der Waals surface area contributed by atoms with Crippen molar-refractivity contribution in [2.75, 3.05) is 20.1 Å². The number of halogens is 3. The number of nitrogens with one attached hydrogen (secondary N) is 2. The fraction of sp³-hybridized carbons (Fsp3) is 0.762. The van der Waals surface area contributed by atoms with E-state index in [-0.39, 0.29) is 31.2 Å². The molecule has 12 heteroatoms. The van der Waals surface area contributed by atoms with Crippen LogP contribution in [0.1, 0.15) is 46.5 Å². The molecular weight excluding hydrogens is 443 g/mol. The average Bonchev–Trinajstić information content (AvgIpc) is 3.11. The first-order chi connectivity index (χ1) is 15.2. The van der Waals surface area contributed by atoms with Crippen molar-refractivity contribution in [1.29, 1.82) is 5.26 Å². The molecule has 1 spiro atoms. The van der Waals surface area contributed by atoms with Crippen molar-refractivity contribution >= 4 is 23.6 Å². The Morgan fingerprint density at radius 3 is 2.48 bits per heavy atom. The molecule has 0 radical (unpaired) electrons. The Morgan fingerprint density at radius 2 is 1.97 bits per heavy atom. The molecule has 2 aliphatic rings. The van der Waals surface area contributed by atoms with E-state index in [1.807, 2.05) is 13.8 Å². The monoisotopic (exact) mass is 473 g/mol. The molecule has 2 rings (SSSR count). The number of amides is 4. The van der Waals surface area contributed by atoms with Gasteiger partial charge in [0.15, 0.2) is 0 Å². The van der Waals surface area contributed by atoms with Crippen LogP contribution in [-0.4, -0.2) is 77.9 Å². The number of likely N-dealkylation sites (N-methyl/N-ethyl adjacent to an activating group) is 1. The molecule has 2 aliphatic heterocycles. The van der Waals surface area contributed by atoms with Crippen LogP contribution in [0.25, 0.3) is 0 Å². The highest BCUT2D eigenvalue weighted by molar-refractivity contribution is 5.93. The SMILES string of the molecule is CC(C)CC(C(=O)N1C[C@@]2(CCCNC2=O)C[C@H]1C#N)N(C)C(=O)C(C)NC(=O)C(F)(F)F. The van der Waals surface area contributed by atoms with E-state index < -0.39 is 47.4 Å². The number of alkyl halides is 3. The van der Waals surface area contributed by atoms with Gasteiger partial charge in [-0.1, -0.05) is 13.8 Å². The molecule has 4 atom stereocenters. The van der Waals surface area contributed by atoms with Crippen molar-refractivity contribution in [3.05, 3.63) is 0 Å². The third-order valence-corrected chi connectivity index (χ3v) is 6.24. The summed E-state index contributed by atoms with van der Waals surface area (Å²) in [6.45, 7) is 5.30. The second-order valence-electron chi connectivity index (χ2n) is 9.24. The lowest BCUT2D eigenvalue weighted by Crippen LogP contribution is -2.56. The van der Waals surface area contributed by atoms with E-state index >= 15 is 0 Å². The van der Waals surface area contributed by atoms with Crippen LogP contribution >= 0.6 is 0 Å². The second kappa shape index (κ2) is 9.97. The van der Waals surface area contributed by atoms with Gasteiger partial charge in [0.05, 0.1) is 11.5 Å². The fourth-order valence-electron chi connectivity index (χ4n) is 4.47. The number of likely N-dealkylation sites (tertiary alicyclic amines) is 1. The van der Waals surface area contributed by atoms with E-state index in [1.165, 1.54) is 11.9 Å². The van der Waals surface area contributed by atoms with Crippen molar-refractivity contribution in [2.45, 2.75) is 70.8 Å². The van der Waals surface area contributed by atoms with Crippen molar-refractivity contribution in [3.63, 3.8) is 0 Å². The number of hydrogen-bond acceptors (Lipinski definition) is 5. The van der Waals surface area contributed by atoms with Gasteiger partial charge in [-0.3, -0.25) is 19.2 Å². The molecule has 0 aliphatic carbocycles. The minimum atomic E-state index is -5.15. The molecule has 0 aromatic carbocycles. The van der Waals surface area contributed by atoms with Gasteiger partial charge in [0.1, 0.15) is 18.1 Å². The smallest absolute Gasteiger partial charge is 0.356 e. The van der Waals surface area contributed by atoms with E-state index in [1.54, 1.807) is 5.32 Å². The van der Waals surface area contributed by atoms with Crippen molar-refractivity contribution < 1.29 is 32.3 Å². The summed E-state index contributed by atoms with van der Waals surface area (Å²) >= 11 is 0. The zero-order valence-electron chi connectivity index (χ0n) is 19.2. The molecule has 0 aromatic rings. The maximum atomic E-state index is 13.5. The van der Waals surface area contributed by atoms with Crippen LogP contribution < -0.4 is 10.6 Å². The standard InChI is InChI=1S/C21H30F3N5O4/c1-12(2)8-15(28(4)16(30)13(3)27-19(33)21(22,23)24)17(31)29-11-20(9-14(29)10-25)6-5-7-26-18(20)32/h12-15H,5-9,11H2,1-4H3,(H,26,32)(H,27,33)/t13?,14-,15?,20+/m0/s1. The van der Waals surface area contributed by atoms with Crippen LogP contribution in [0, 0.1) is 22.7 Å². The summed E-state index contributed by atoms with van der Waals surface area (Å²) in [7, 11) is 1.28. The molecule has 4 amide bonds. The van der Waals surface area contributed by atoms with Crippen LogP contribution in [0.2, 0.25) is 0 Å². The van der Waals surface area contributed by atoms with Gasteiger partial charge in [0.2, 0.25) is 17.7 Å². The Kier molecular flexibility index (Phi) is 7.98. The molecule has 2 fully saturated rings. The van der Waals surface area contributed by atoms with E-state index in [0.717, 1.165) is 18.2 Å². The number of piperidine rings is 1. The first-order valence-electron chi connectivity index (χ1n) is 10.9. The number of carbonyl (C=O) groups is 4. The van der Waals surface area contributed by atoms with Gasteiger partial charge in [-0.25, -0.2) is 0 Å². The van der Waals surface area contributed by atoms with Gasteiger partial charge in [-0.2, -0.15) is 18.4 Å². The average molecular weight is 473 g/mol. The van der Waals surface area contributed by atoms with Gasteiger partial charge in [0, 0.05) is 20.1 Å². The summed E-state index contributed by atoms with van der Waals surface area (Å²) < 4.78 is 37.7. The predicted molar refractivity (Wildman–Crippen MR) is 110 cm³/mol. The molecule has 184 valence electrons. The number of nitrogens with zero attached hydrogens (tertiary/aromatic N) is 3. The lowest BCUT2D eigenvalue weighted by atomic mass is 9.78. The van der Waals surface area contributed by atoms with E-state index in [9.17, 15) is 37.6 Å². The molecule has 2 heterocycles. The van der Waals surface area contributed by atoms with Crippen LogP contribution in [0.5, 0.6) is 0 Å². The summed E-state index contributed by atoms with van der Waals surface area (Å²) in [5, 5.41) is 14.0. The van der Waals surface area contributed by atoms with Gasteiger partial charge in [-0.15, -0.1) is 0 Å². The van der Waals surface area contributed by atoms with Crippen molar-refractivity contribution in [1.82, 2.24) is 20.4 Å². The third kappa shape index (κ3) is 5.75. The van der Waals surface area contributed by atoms with E-state index in [0.29, 0.717) is 13.0 Å². The summed E-state index contributed by atoms with van der Waals surface area (Å²) in [4.78, 5) is 52.4. The van der Waals surface area contributed by atoms with Crippen molar-refractivity contribution in [3.8, 4) is 6.07 Å². The largest absolute Gasteiger partial charge is 0.471 e. The Hall–Kier alpha value is -2.84. The minimum absolute atomic E-state index is 0.0346. The first kappa shape index (κ1) is 26.4. The Morgan fingerprint density at radius 1 is 1.33 bits per heavy atom. The van der Waals surface area contributed by atoms with E-state index in [4.69, 9.17) is 0 Å². The van der Waals surface area contributed by atoms with Gasteiger partial charge >= 0.3 is 12.1 Å². The highest BCUT2D eigenvalue weighted by atomic mass is 19.4. The number of carbonyl (C=O) groups excluding carboxylic acids is 4. The van der Waals surface area contributed by atoms with Gasteiger partial charge < -0.3 is 20.4 Å². The number of rotatable bonds is 6. The van der Waals surface area contributed by atoms with Crippen LogP contribution in [-0.2, 0) is 19.2 Å². The summed E-state index contributed by atoms with van der Waals surface area (Å²) in [6.07, 6.45) is -3.52. The quantitative estimate of drug-likeness (QED) is 0.595. The molecule has 2 N–H and O–H groups in total. The lowest BCUT2D eigenvalue weighted by molar-refractivity contribution is -0.175. The Labute approximate surface area is 190 Å². The highest BCUT2D eigenvalue weighted by Gasteiger charge is 2.53. The molecule has 2 unspecified atom stereocenters.